The molecule has 1 saturated heterocycles. The molecule has 1 aliphatic rings. The molecule has 3 heterocycles. The number of piperidine rings is 1. The maximum atomic E-state index is 13.6. The summed E-state index contributed by atoms with van der Waals surface area (Å²) < 4.78 is 15.9. The van der Waals surface area contributed by atoms with E-state index in [0.29, 0.717) is 35.6 Å². The molecule has 41 heavy (non-hydrogen) atoms. The molecule has 6 rings (SSSR count). The van der Waals surface area contributed by atoms with Gasteiger partial charge < -0.3 is 20.2 Å². The van der Waals surface area contributed by atoms with Crippen LogP contribution >= 0.6 is 0 Å². The molecule has 1 unspecified atom stereocenters. The summed E-state index contributed by atoms with van der Waals surface area (Å²) in [7, 11) is 0. The Balaban J connectivity index is 1.19. The number of benzene rings is 3. The highest BCUT2D eigenvalue weighted by Crippen LogP contribution is 2.34. The zero-order valence-electron chi connectivity index (χ0n) is 22.8. The molecule has 0 spiro atoms. The lowest BCUT2D eigenvalue weighted by molar-refractivity contribution is 0.0710. The van der Waals surface area contributed by atoms with E-state index in [1.54, 1.807) is 30.3 Å². The van der Waals surface area contributed by atoms with Gasteiger partial charge in [-0.3, -0.25) is 9.78 Å². The number of para-hydroxylation sites is 2. The van der Waals surface area contributed by atoms with E-state index < -0.39 is 0 Å². The van der Waals surface area contributed by atoms with Crippen LogP contribution in [0.4, 0.5) is 15.8 Å². The number of anilines is 2. The summed E-state index contributed by atoms with van der Waals surface area (Å²) >= 11 is 0. The highest BCUT2D eigenvalue weighted by Gasteiger charge is 2.30. The van der Waals surface area contributed by atoms with Crippen LogP contribution in [0.5, 0.6) is 0 Å². The van der Waals surface area contributed by atoms with Crippen molar-refractivity contribution >= 4 is 34.5 Å². The van der Waals surface area contributed by atoms with Gasteiger partial charge in [-0.25, -0.2) is 9.37 Å². The van der Waals surface area contributed by atoms with Crippen molar-refractivity contribution < 1.29 is 9.18 Å². The van der Waals surface area contributed by atoms with Gasteiger partial charge in [0.05, 0.1) is 22.8 Å². The molecule has 3 aromatic carbocycles. The number of carbonyl (C=O) groups excluding carboxylic acids is 1. The Morgan fingerprint density at radius 3 is 2.59 bits per heavy atom. The van der Waals surface area contributed by atoms with Gasteiger partial charge in [-0.15, -0.1) is 0 Å². The molecule has 8 heteroatoms. The summed E-state index contributed by atoms with van der Waals surface area (Å²) in [4.78, 5) is 25.0. The van der Waals surface area contributed by atoms with Crippen LogP contribution in [0.25, 0.3) is 11.0 Å². The Bertz CT molecular complexity index is 1710. The number of aromatic nitrogens is 3. The number of rotatable bonds is 7. The van der Waals surface area contributed by atoms with Gasteiger partial charge in [0.2, 0.25) is 0 Å². The van der Waals surface area contributed by atoms with E-state index in [0.717, 1.165) is 35.4 Å². The van der Waals surface area contributed by atoms with Gasteiger partial charge in [0.25, 0.3) is 5.91 Å². The van der Waals surface area contributed by atoms with Gasteiger partial charge >= 0.3 is 0 Å². The maximum Gasteiger partial charge on any atom is 0.253 e. The second kappa shape index (κ2) is 11.3. The van der Waals surface area contributed by atoms with Crippen LogP contribution in [-0.4, -0.2) is 44.6 Å². The first-order valence-corrected chi connectivity index (χ1v) is 13.9. The molecule has 1 fully saturated rings. The quantitative estimate of drug-likeness (QED) is 0.217. The molecular formula is C33H31FN6O. The number of nitrogens with one attached hydrogen (secondary N) is 2. The van der Waals surface area contributed by atoms with E-state index in [9.17, 15) is 9.18 Å². The Morgan fingerprint density at radius 1 is 1.02 bits per heavy atom. The third kappa shape index (κ3) is 5.33. The van der Waals surface area contributed by atoms with Crippen molar-refractivity contribution in [2.75, 3.05) is 18.4 Å². The third-order valence-corrected chi connectivity index (χ3v) is 7.83. The number of nitrogens with zero attached hydrogens (tertiary/aromatic N) is 4. The Kier molecular flexibility index (Phi) is 7.29. The van der Waals surface area contributed by atoms with Gasteiger partial charge in [0.1, 0.15) is 11.6 Å². The zero-order chi connectivity index (χ0) is 28.3. The number of likely N-dealkylation sites (tertiary alicyclic amines) is 1. The standard InChI is InChI=1S/C33H31FN6O/c1-22(28-9-4-5-16-36-28)40-31-11-3-2-10-30(31)38-32(40)23-14-17-39(18-15-23)33(41)24-12-13-29(25(19-24)21-35)37-27-8-6-7-26(34)20-27/h2-13,16,19-23,35,37H,14-15,17-18H2,1H3. The van der Waals surface area contributed by atoms with Crippen LogP contribution < -0.4 is 5.32 Å². The molecule has 1 atom stereocenters. The Hall–Kier alpha value is -4.85. The SMILES string of the molecule is CC(c1ccccn1)n1c(C2CCN(C(=O)c3ccc(Nc4cccc(F)c4)c(C=N)c3)CC2)nc2ccccc21. The van der Waals surface area contributed by atoms with E-state index in [1.165, 1.54) is 18.3 Å². The lowest BCUT2D eigenvalue weighted by atomic mass is 9.94. The van der Waals surface area contributed by atoms with Crippen LogP contribution in [-0.2, 0) is 0 Å². The molecule has 206 valence electrons. The average molecular weight is 547 g/mol. The number of amides is 1. The van der Waals surface area contributed by atoms with Crippen LogP contribution in [0, 0.1) is 11.2 Å². The summed E-state index contributed by atoms with van der Waals surface area (Å²) in [6, 6.07) is 25.6. The first-order valence-electron chi connectivity index (χ1n) is 13.9. The van der Waals surface area contributed by atoms with Gasteiger partial charge in [0.15, 0.2) is 0 Å². The van der Waals surface area contributed by atoms with E-state index in [-0.39, 0.29) is 23.7 Å². The molecule has 0 saturated carbocycles. The average Bonchev–Trinajstić information content (AvgIpc) is 3.41. The fraction of sp³-hybridized carbons (Fsp3) is 0.212. The van der Waals surface area contributed by atoms with E-state index >= 15 is 0 Å². The van der Waals surface area contributed by atoms with E-state index in [4.69, 9.17) is 10.4 Å². The minimum atomic E-state index is -0.344. The lowest BCUT2D eigenvalue weighted by Gasteiger charge is -2.33. The van der Waals surface area contributed by atoms with Crippen molar-refractivity contribution in [2.24, 2.45) is 0 Å². The van der Waals surface area contributed by atoms with Crippen molar-refractivity contribution in [3.05, 3.63) is 120 Å². The van der Waals surface area contributed by atoms with Crippen molar-refractivity contribution in [1.29, 1.82) is 5.41 Å². The summed E-state index contributed by atoms with van der Waals surface area (Å²) in [5.74, 6) is 0.852. The molecule has 0 aliphatic carbocycles. The van der Waals surface area contributed by atoms with Crippen LogP contribution in [0.1, 0.15) is 59.2 Å². The van der Waals surface area contributed by atoms with Crippen LogP contribution in [0.3, 0.4) is 0 Å². The van der Waals surface area contributed by atoms with Crippen molar-refractivity contribution in [1.82, 2.24) is 19.4 Å². The molecule has 0 bridgehead atoms. The number of fused-ring (bicyclic) bond motifs is 1. The highest BCUT2D eigenvalue weighted by atomic mass is 19.1. The molecule has 2 N–H and O–H groups in total. The molecule has 1 aliphatic heterocycles. The summed E-state index contributed by atoms with van der Waals surface area (Å²) in [5, 5.41) is 11.0. The second-order valence-electron chi connectivity index (χ2n) is 10.4. The predicted octanol–water partition coefficient (Wildman–Crippen LogP) is 6.94. The van der Waals surface area contributed by atoms with Crippen molar-refractivity contribution in [2.45, 2.75) is 31.7 Å². The zero-order valence-corrected chi connectivity index (χ0v) is 22.8. The number of hydrogen-bond donors (Lipinski definition) is 2. The van der Waals surface area contributed by atoms with Gasteiger partial charge in [0, 0.05) is 53.9 Å². The normalized spacial score (nSPS) is 14.6. The first-order chi connectivity index (χ1) is 20.0. The largest absolute Gasteiger partial charge is 0.355 e. The molecule has 1 amide bonds. The molecular weight excluding hydrogens is 515 g/mol. The maximum absolute atomic E-state index is 13.6. The highest BCUT2D eigenvalue weighted by molar-refractivity contribution is 5.98. The summed E-state index contributed by atoms with van der Waals surface area (Å²) in [6.07, 6.45) is 4.64. The third-order valence-electron chi connectivity index (χ3n) is 7.83. The predicted molar refractivity (Wildman–Crippen MR) is 160 cm³/mol. The smallest absolute Gasteiger partial charge is 0.253 e. The first kappa shape index (κ1) is 26.4. The van der Waals surface area contributed by atoms with Gasteiger partial charge in [-0.1, -0.05) is 24.3 Å². The minimum Gasteiger partial charge on any atom is -0.355 e. The fourth-order valence-electron chi connectivity index (χ4n) is 5.69. The van der Waals surface area contributed by atoms with Gasteiger partial charge in [-0.2, -0.15) is 0 Å². The van der Waals surface area contributed by atoms with E-state index in [1.807, 2.05) is 47.5 Å². The molecule has 5 aromatic rings. The molecule has 7 nitrogen and oxygen atoms in total. The topological polar surface area (TPSA) is 86.9 Å². The van der Waals surface area contributed by atoms with Crippen molar-refractivity contribution in [3.63, 3.8) is 0 Å². The monoisotopic (exact) mass is 546 g/mol. The van der Waals surface area contributed by atoms with Gasteiger partial charge in [-0.05, 0) is 80.4 Å². The number of halogens is 1. The number of imidazole rings is 1. The Labute approximate surface area is 238 Å². The molecule has 0 radical (unpaired) electrons. The van der Waals surface area contributed by atoms with E-state index in [2.05, 4.69) is 27.9 Å². The number of pyridine rings is 1. The minimum absolute atomic E-state index is 0.0253. The number of carbonyl (C=O) groups is 1. The Morgan fingerprint density at radius 2 is 1.83 bits per heavy atom. The van der Waals surface area contributed by atoms with Crippen LogP contribution in [0.2, 0.25) is 0 Å². The molecule has 2 aromatic heterocycles. The van der Waals surface area contributed by atoms with Crippen molar-refractivity contribution in [3.8, 4) is 0 Å². The summed E-state index contributed by atoms with van der Waals surface area (Å²) in [6.45, 7) is 3.40. The lowest BCUT2D eigenvalue weighted by Crippen LogP contribution is -2.38. The summed E-state index contributed by atoms with van der Waals surface area (Å²) in [5.41, 5.74) is 5.36. The fourth-order valence-corrected chi connectivity index (χ4v) is 5.69. The number of hydrogen-bond acceptors (Lipinski definition) is 5. The van der Waals surface area contributed by atoms with Crippen LogP contribution in [0.15, 0.2) is 91.1 Å². The second-order valence-corrected chi connectivity index (χ2v) is 10.4.